The third-order valence-corrected chi connectivity index (χ3v) is 3.24. The van der Waals surface area contributed by atoms with E-state index in [0.29, 0.717) is 0 Å². The second-order valence-corrected chi connectivity index (χ2v) is 4.99. The fourth-order valence-electron chi connectivity index (χ4n) is 2.28. The molecule has 0 atom stereocenters. The van der Waals surface area contributed by atoms with Crippen LogP contribution in [0.4, 0.5) is 5.69 Å². The number of benzene rings is 1. The molecule has 0 bridgehead atoms. The van der Waals surface area contributed by atoms with Gasteiger partial charge in [0.25, 0.3) is 0 Å². The summed E-state index contributed by atoms with van der Waals surface area (Å²) < 4.78 is 0. The van der Waals surface area contributed by atoms with Crippen molar-refractivity contribution >= 4 is 22.5 Å². The molecule has 2 aromatic rings. The highest BCUT2D eigenvalue weighted by Crippen LogP contribution is 2.38. The first kappa shape index (κ1) is 9.46. The van der Waals surface area contributed by atoms with Crippen LogP contribution in [0.15, 0.2) is 30.5 Å². The number of nitrogens with one attached hydrogen (secondary N) is 1. The Morgan fingerprint density at radius 3 is 2.75 bits per heavy atom. The summed E-state index contributed by atoms with van der Waals surface area (Å²) in [5.74, 6) is 0.206. The Bertz CT molecular complexity index is 568. The molecule has 3 rings (SSSR count). The number of amides is 1. The number of para-hydroxylation sites is 1. The minimum Gasteiger partial charge on any atom is -0.359 e. The van der Waals surface area contributed by atoms with Crippen LogP contribution in [-0.2, 0) is 4.79 Å². The monoisotopic (exact) mass is 214 g/mol. The molecule has 82 valence electrons. The van der Waals surface area contributed by atoms with Crippen molar-refractivity contribution in [3.05, 3.63) is 30.5 Å². The Morgan fingerprint density at radius 1 is 1.31 bits per heavy atom. The molecule has 16 heavy (non-hydrogen) atoms. The molecule has 1 amide bonds. The van der Waals surface area contributed by atoms with Crippen molar-refractivity contribution < 1.29 is 4.79 Å². The Morgan fingerprint density at radius 2 is 2.06 bits per heavy atom. The second kappa shape index (κ2) is 2.88. The third kappa shape index (κ3) is 1.11. The number of rotatable bonds is 1. The molecule has 0 saturated carbocycles. The van der Waals surface area contributed by atoms with Gasteiger partial charge in [-0.1, -0.05) is 18.2 Å². The maximum Gasteiger partial charge on any atom is 0.234 e. The third-order valence-electron chi connectivity index (χ3n) is 3.24. The van der Waals surface area contributed by atoms with Gasteiger partial charge in [0, 0.05) is 23.6 Å². The zero-order valence-electron chi connectivity index (χ0n) is 9.45. The molecule has 1 fully saturated rings. The van der Waals surface area contributed by atoms with E-state index in [-0.39, 0.29) is 11.3 Å². The lowest BCUT2D eigenvalue weighted by atomic mass is 9.83. The van der Waals surface area contributed by atoms with Gasteiger partial charge in [-0.15, -0.1) is 0 Å². The van der Waals surface area contributed by atoms with Crippen molar-refractivity contribution in [3.63, 3.8) is 0 Å². The fourth-order valence-corrected chi connectivity index (χ4v) is 2.28. The van der Waals surface area contributed by atoms with Gasteiger partial charge in [0.15, 0.2) is 0 Å². The van der Waals surface area contributed by atoms with Crippen LogP contribution in [0.25, 0.3) is 10.9 Å². The molecule has 1 saturated heterocycles. The maximum atomic E-state index is 11.9. The SMILES string of the molecule is CC1(C)CN(c2c[nH]c3ccccc23)C1=O. The molecule has 0 unspecified atom stereocenters. The van der Waals surface area contributed by atoms with E-state index in [4.69, 9.17) is 0 Å². The van der Waals surface area contributed by atoms with Crippen molar-refractivity contribution in [2.45, 2.75) is 13.8 Å². The van der Waals surface area contributed by atoms with Gasteiger partial charge in [-0.3, -0.25) is 4.79 Å². The minimum atomic E-state index is -0.196. The summed E-state index contributed by atoms with van der Waals surface area (Å²) >= 11 is 0. The van der Waals surface area contributed by atoms with Crippen LogP contribution in [0.2, 0.25) is 0 Å². The van der Waals surface area contributed by atoms with Gasteiger partial charge < -0.3 is 9.88 Å². The number of β-lactam (4-membered cyclic amide) rings is 1. The molecule has 1 N–H and O–H groups in total. The van der Waals surface area contributed by atoms with Gasteiger partial charge in [-0.05, 0) is 19.9 Å². The molecule has 0 spiro atoms. The predicted molar refractivity (Wildman–Crippen MR) is 64.4 cm³/mol. The lowest BCUT2D eigenvalue weighted by Crippen LogP contribution is -2.58. The van der Waals surface area contributed by atoms with Gasteiger partial charge in [-0.25, -0.2) is 0 Å². The zero-order valence-corrected chi connectivity index (χ0v) is 9.45. The maximum absolute atomic E-state index is 11.9. The number of fused-ring (bicyclic) bond motifs is 1. The van der Waals surface area contributed by atoms with Gasteiger partial charge in [0.2, 0.25) is 5.91 Å². The van der Waals surface area contributed by atoms with Crippen LogP contribution in [0.3, 0.4) is 0 Å². The number of hydrogen-bond donors (Lipinski definition) is 1. The molecule has 1 aromatic carbocycles. The Balaban J connectivity index is 2.06. The van der Waals surface area contributed by atoms with Crippen molar-refractivity contribution in [2.75, 3.05) is 11.4 Å². The van der Waals surface area contributed by atoms with E-state index < -0.39 is 0 Å². The summed E-state index contributed by atoms with van der Waals surface area (Å²) in [6, 6.07) is 8.05. The van der Waals surface area contributed by atoms with Crippen LogP contribution in [0, 0.1) is 5.41 Å². The van der Waals surface area contributed by atoms with E-state index in [1.807, 2.05) is 49.2 Å². The summed E-state index contributed by atoms with van der Waals surface area (Å²) in [5.41, 5.74) is 1.88. The largest absolute Gasteiger partial charge is 0.359 e. The predicted octanol–water partition coefficient (Wildman–Crippen LogP) is 2.54. The molecule has 2 heterocycles. The smallest absolute Gasteiger partial charge is 0.234 e. The normalized spacial score (nSPS) is 18.9. The average molecular weight is 214 g/mol. The van der Waals surface area contributed by atoms with E-state index in [1.165, 1.54) is 0 Å². The van der Waals surface area contributed by atoms with Crippen LogP contribution < -0.4 is 4.90 Å². The van der Waals surface area contributed by atoms with Crippen LogP contribution >= 0.6 is 0 Å². The molecular formula is C13H14N2O. The van der Waals surface area contributed by atoms with Crippen molar-refractivity contribution in [3.8, 4) is 0 Å². The number of carbonyl (C=O) groups excluding carboxylic acids is 1. The number of hydrogen-bond acceptors (Lipinski definition) is 1. The van der Waals surface area contributed by atoms with Gasteiger partial charge in [-0.2, -0.15) is 0 Å². The summed E-state index contributed by atoms with van der Waals surface area (Å²) in [4.78, 5) is 17.0. The molecule has 3 nitrogen and oxygen atoms in total. The van der Waals surface area contributed by atoms with Gasteiger partial charge in [0.1, 0.15) is 0 Å². The molecular weight excluding hydrogens is 200 g/mol. The van der Waals surface area contributed by atoms with Crippen molar-refractivity contribution in [2.24, 2.45) is 5.41 Å². The molecule has 1 aliphatic heterocycles. The first-order valence-electron chi connectivity index (χ1n) is 5.48. The van der Waals surface area contributed by atoms with Crippen molar-refractivity contribution in [1.29, 1.82) is 0 Å². The fraction of sp³-hybridized carbons (Fsp3) is 0.308. The quantitative estimate of drug-likeness (QED) is 0.727. The first-order chi connectivity index (χ1) is 7.59. The van der Waals surface area contributed by atoms with E-state index in [2.05, 4.69) is 4.98 Å². The molecule has 1 aliphatic rings. The summed E-state index contributed by atoms with van der Waals surface area (Å²) in [7, 11) is 0. The highest BCUT2D eigenvalue weighted by molar-refractivity contribution is 6.09. The van der Waals surface area contributed by atoms with E-state index in [9.17, 15) is 4.79 Å². The molecule has 0 aliphatic carbocycles. The lowest BCUT2D eigenvalue weighted by molar-refractivity contribution is -0.132. The topological polar surface area (TPSA) is 36.1 Å². The first-order valence-corrected chi connectivity index (χ1v) is 5.48. The zero-order chi connectivity index (χ0) is 11.3. The summed E-state index contributed by atoms with van der Waals surface area (Å²) in [6.07, 6.45) is 1.91. The number of aromatic nitrogens is 1. The standard InChI is InChI=1S/C13H14N2O/c1-13(2)8-15(12(13)16)11-7-14-10-6-4-3-5-9(10)11/h3-7,14H,8H2,1-2H3. The van der Waals surface area contributed by atoms with Crippen molar-refractivity contribution in [1.82, 2.24) is 4.98 Å². The number of anilines is 1. The number of nitrogens with zero attached hydrogens (tertiary/aromatic N) is 1. The van der Waals surface area contributed by atoms with Crippen LogP contribution in [0.1, 0.15) is 13.8 Å². The molecule has 1 aromatic heterocycles. The number of H-pyrrole nitrogens is 1. The van der Waals surface area contributed by atoms with E-state index in [0.717, 1.165) is 23.1 Å². The Labute approximate surface area is 94.1 Å². The van der Waals surface area contributed by atoms with E-state index >= 15 is 0 Å². The molecule has 3 heteroatoms. The summed E-state index contributed by atoms with van der Waals surface area (Å²) in [5, 5.41) is 1.12. The number of aromatic amines is 1. The van der Waals surface area contributed by atoms with Crippen LogP contribution in [0.5, 0.6) is 0 Å². The lowest BCUT2D eigenvalue weighted by Gasteiger charge is -2.44. The molecule has 0 radical (unpaired) electrons. The Kier molecular flexibility index (Phi) is 1.70. The number of carbonyl (C=O) groups is 1. The Hall–Kier alpha value is -1.77. The van der Waals surface area contributed by atoms with Crippen LogP contribution in [-0.4, -0.2) is 17.4 Å². The highest BCUT2D eigenvalue weighted by Gasteiger charge is 2.45. The average Bonchev–Trinajstić information content (AvgIpc) is 2.69. The second-order valence-electron chi connectivity index (χ2n) is 4.99. The minimum absolute atomic E-state index is 0.196. The van der Waals surface area contributed by atoms with Gasteiger partial charge in [0.05, 0.1) is 11.1 Å². The highest BCUT2D eigenvalue weighted by atomic mass is 16.2. The van der Waals surface area contributed by atoms with E-state index in [1.54, 1.807) is 0 Å². The summed E-state index contributed by atoms with van der Waals surface area (Å²) in [6.45, 7) is 4.77. The van der Waals surface area contributed by atoms with Gasteiger partial charge >= 0.3 is 0 Å².